The smallest absolute Gasteiger partial charge is 0.241 e. The van der Waals surface area contributed by atoms with Crippen LogP contribution in [0.2, 0.25) is 0 Å². The number of amides is 2. The Morgan fingerprint density at radius 3 is 2.25 bits per heavy atom. The molecule has 1 fully saturated rings. The Labute approximate surface area is 145 Å². The zero-order chi connectivity index (χ0) is 17.9. The molecule has 132 valence electrons. The Morgan fingerprint density at radius 2 is 1.71 bits per heavy atom. The van der Waals surface area contributed by atoms with Crippen molar-refractivity contribution in [3.63, 3.8) is 0 Å². The number of benzene rings is 1. The highest BCUT2D eigenvalue weighted by Gasteiger charge is 2.27. The minimum absolute atomic E-state index is 0.0162. The number of aryl methyl sites for hydroxylation is 1. The molecular weight excluding hydrogens is 302 g/mol. The second-order valence-electron chi connectivity index (χ2n) is 6.90. The molecule has 0 spiro atoms. The molecule has 1 atom stereocenters. The van der Waals surface area contributed by atoms with E-state index in [0.29, 0.717) is 19.0 Å². The molecule has 0 unspecified atom stereocenters. The average Bonchev–Trinajstić information content (AvgIpc) is 2.55. The Balaban J connectivity index is 2.04. The van der Waals surface area contributed by atoms with Crippen molar-refractivity contribution in [2.45, 2.75) is 46.6 Å². The Hall–Kier alpha value is -1.88. The lowest BCUT2D eigenvalue weighted by atomic mass is 9.98. The quantitative estimate of drug-likeness (QED) is 0.923. The maximum atomic E-state index is 12.7. The summed E-state index contributed by atoms with van der Waals surface area (Å²) in [5, 5.41) is 3.13. The van der Waals surface area contributed by atoms with Gasteiger partial charge in [0.2, 0.25) is 11.8 Å². The number of hydrogen-bond donors (Lipinski definition) is 1. The first kappa shape index (κ1) is 18.5. The molecule has 1 aromatic rings. The zero-order valence-electron chi connectivity index (χ0n) is 15.4. The second kappa shape index (κ2) is 7.79. The lowest BCUT2D eigenvalue weighted by Crippen LogP contribution is -2.53. The number of nitrogens with zero attached hydrogens (tertiary/aromatic N) is 2. The number of para-hydroxylation sites is 1. The van der Waals surface area contributed by atoms with Crippen LogP contribution in [-0.2, 0) is 9.59 Å². The summed E-state index contributed by atoms with van der Waals surface area (Å²) in [6.07, 6.45) is 0. The Kier molecular flexibility index (Phi) is 5.99. The summed E-state index contributed by atoms with van der Waals surface area (Å²) < 4.78 is 0. The van der Waals surface area contributed by atoms with Crippen LogP contribution in [-0.4, -0.2) is 53.8 Å². The highest BCUT2D eigenvalue weighted by molar-refractivity contribution is 5.96. The lowest BCUT2D eigenvalue weighted by Gasteiger charge is -2.37. The number of carbonyl (C=O) groups excluding carboxylic acids is 2. The summed E-state index contributed by atoms with van der Waals surface area (Å²) in [7, 11) is 0. The van der Waals surface area contributed by atoms with Crippen molar-refractivity contribution in [3.05, 3.63) is 29.3 Å². The van der Waals surface area contributed by atoms with Crippen molar-refractivity contribution in [3.8, 4) is 0 Å². The molecule has 1 aliphatic rings. The molecule has 24 heavy (non-hydrogen) atoms. The molecule has 0 aliphatic carbocycles. The van der Waals surface area contributed by atoms with Gasteiger partial charge in [-0.25, -0.2) is 0 Å². The van der Waals surface area contributed by atoms with Crippen LogP contribution in [0.3, 0.4) is 0 Å². The zero-order valence-corrected chi connectivity index (χ0v) is 15.4. The number of nitrogens with one attached hydrogen (secondary N) is 1. The largest absolute Gasteiger partial charge is 0.340 e. The lowest BCUT2D eigenvalue weighted by molar-refractivity contribution is -0.131. The van der Waals surface area contributed by atoms with Crippen molar-refractivity contribution in [1.82, 2.24) is 9.80 Å². The third-order valence-corrected chi connectivity index (χ3v) is 4.86. The van der Waals surface area contributed by atoms with E-state index in [0.717, 1.165) is 29.9 Å². The van der Waals surface area contributed by atoms with Gasteiger partial charge in [0.05, 0.1) is 6.04 Å². The molecule has 0 bridgehead atoms. The van der Waals surface area contributed by atoms with E-state index in [1.165, 1.54) is 0 Å². The van der Waals surface area contributed by atoms with Gasteiger partial charge in [0.25, 0.3) is 0 Å². The molecule has 0 aromatic heterocycles. The summed E-state index contributed by atoms with van der Waals surface area (Å²) in [5.41, 5.74) is 3.19. The van der Waals surface area contributed by atoms with Crippen molar-refractivity contribution in [2.75, 3.05) is 31.5 Å². The molecular formula is C19H29N3O2. The Morgan fingerprint density at radius 1 is 1.08 bits per heavy atom. The van der Waals surface area contributed by atoms with Gasteiger partial charge in [0.1, 0.15) is 0 Å². The van der Waals surface area contributed by atoms with Gasteiger partial charge in [-0.05, 0) is 30.9 Å². The van der Waals surface area contributed by atoms with Crippen molar-refractivity contribution < 1.29 is 9.59 Å². The third-order valence-electron chi connectivity index (χ3n) is 4.86. The standard InChI is InChI=1S/C19H29N3O2/c1-13(2)17-8-6-7-14(3)18(17)20-19(24)15(4)21-9-11-22(12-10-21)16(5)23/h6-8,13,15H,9-12H2,1-5H3,(H,20,24)/t15-/m0/s1. The van der Waals surface area contributed by atoms with E-state index in [4.69, 9.17) is 0 Å². The van der Waals surface area contributed by atoms with Crippen LogP contribution >= 0.6 is 0 Å². The molecule has 2 amide bonds. The summed E-state index contributed by atoms with van der Waals surface area (Å²) in [6.45, 7) is 12.7. The second-order valence-corrected chi connectivity index (χ2v) is 6.90. The molecule has 0 radical (unpaired) electrons. The van der Waals surface area contributed by atoms with Crippen LogP contribution in [0.5, 0.6) is 0 Å². The number of anilines is 1. The number of piperazine rings is 1. The van der Waals surface area contributed by atoms with Gasteiger partial charge in [0, 0.05) is 38.8 Å². The molecule has 5 nitrogen and oxygen atoms in total. The normalized spacial score (nSPS) is 17.0. The Bertz CT molecular complexity index is 605. The molecule has 1 aromatic carbocycles. The summed E-state index contributed by atoms with van der Waals surface area (Å²) in [6, 6.07) is 5.92. The first-order chi connectivity index (χ1) is 11.3. The van der Waals surface area contributed by atoms with Gasteiger partial charge in [0.15, 0.2) is 0 Å². The first-order valence-corrected chi connectivity index (χ1v) is 8.71. The fraction of sp³-hybridized carbons (Fsp3) is 0.579. The molecule has 2 rings (SSSR count). The molecule has 0 saturated carbocycles. The van der Waals surface area contributed by atoms with Crippen LogP contribution in [0.4, 0.5) is 5.69 Å². The number of rotatable bonds is 4. The van der Waals surface area contributed by atoms with E-state index < -0.39 is 0 Å². The number of carbonyl (C=O) groups is 2. The van der Waals surface area contributed by atoms with Gasteiger partial charge in [-0.1, -0.05) is 32.0 Å². The van der Waals surface area contributed by atoms with Crippen LogP contribution in [0, 0.1) is 6.92 Å². The van der Waals surface area contributed by atoms with Gasteiger partial charge in [-0.15, -0.1) is 0 Å². The SMILES string of the molecule is CC(=O)N1CCN([C@@H](C)C(=O)Nc2c(C)cccc2C(C)C)CC1. The predicted octanol–water partition coefficient (Wildman–Crippen LogP) is 2.61. The highest BCUT2D eigenvalue weighted by Crippen LogP contribution is 2.27. The van der Waals surface area contributed by atoms with Crippen molar-refractivity contribution >= 4 is 17.5 Å². The van der Waals surface area contributed by atoms with Crippen LogP contribution < -0.4 is 5.32 Å². The highest BCUT2D eigenvalue weighted by atomic mass is 16.2. The monoisotopic (exact) mass is 331 g/mol. The fourth-order valence-electron chi connectivity index (χ4n) is 3.16. The summed E-state index contributed by atoms with van der Waals surface area (Å²) >= 11 is 0. The minimum Gasteiger partial charge on any atom is -0.340 e. The summed E-state index contributed by atoms with van der Waals surface area (Å²) in [4.78, 5) is 28.1. The molecule has 5 heteroatoms. The first-order valence-electron chi connectivity index (χ1n) is 8.71. The van der Waals surface area contributed by atoms with E-state index in [1.807, 2.05) is 30.9 Å². The third kappa shape index (κ3) is 4.15. The van der Waals surface area contributed by atoms with E-state index in [1.54, 1.807) is 6.92 Å². The average molecular weight is 331 g/mol. The van der Waals surface area contributed by atoms with Gasteiger partial charge < -0.3 is 10.2 Å². The molecule has 1 saturated heterocycles. The van der Waals surface area contributed by atoms with E-state index in [-0.39, 0.29) is 17.9 Å². The van der Waals surface area contributed by atoms with Crippen LogP contribution in [0.15, 0.2) is 18.2 Å². The van der Waals surface area contributed by atoms with Crippen LogP contribution in [0.1, 0.15) is 44.7 Å². The topological polar surface area (TPSA) is 52.7 Å². The van der Waals surface area contributed by atoms with Gasteiger partial charge in [-0.3, -0.25) is 14.5 Å². The molecule has 1 heterocycles. The van der Waals surface area contributed by atoms with E-state index >= 15 is 0 Å². The van der Waals surface area contributed by atoms with Crippen LogP contribution in [0.25, 0.3) is 0 Å². The molecule has 1 aliphatic heterocycles. The summed E-state index contributed by atoms with van der Waals surface area (Å²) in [5.74, 6) is 0.477. The van der Waals surface area contributed by atoms with Gasteiger partial charge >= 0.3 is 0 Å². The maximum absolute atomic E-state index is 12.7. The predicted molar refractivity (Wildman–Crippen MR) is 97.2 cm³/mol. The fourth-order valence-corrected chi connectivity index (χ4v) is 3.16. The van der Waals surface area contributed by atoms with Crippen molar-refractivity contribution in [1.29, 1.82) is 0 Å². The van der Waals surface area contributed by atoms with E-state index in [2.05, 4.69) is 30.1 Å². The van der Waals surface area contributed by atoms with E-state index in [9.17, 15) is 9.59 Å². The van der Waals surface area contributed by atoms with Gasteiger partial charge in [-0.2, -0.15) is 0 Å². The number of hydrogen-bond acceptors (Lipinski definition) is 3. The molecule has 1 N–H and O–H groups in total. The maximum Gasteiger partial charge on any atom is 0.241 e. The van der Waals surface area contributed by atoms with Crippen molar-refractivity contribution in [2.24, 2.45) is 0 Å². The minimum atomic E-state index is -0.210.